The summed E-state index contributed by atoms with van der Waals surface area (Å²) in [6.45, 7) is 3.55. The summed E-state index contributed by atoms with van der Waals surface area (Å²) in [6, 6.07) is 2.03. The van der Waals surface area contributed by atoms with Gasteiger partial charge in [0.1, 0.15) is 5.38 Å². The summed E-state index contributed by atoms with van der Waals surface area (Å²) in [5.41, 5.74) is 0. The molecule has 3 nitrogen and oxygen atoms in total. The molecule has 1 saturated heterocycles. The van der Waals surface area contributed by atoms with Gasteiger partial charge in [-0.25, -0.2) is 0 Å². The second kappa shape index (κ2) is 5.43. The first-order valence-electron chi connectivity index (χ1n) is 4.51. The molecule has 1 heterocycles. The molecule has 0 aromatic rings. The van der Waals surface area contributed by atoms with Crippen molar-refractivity contribution in [1.29, 1.82) is 5.26 Å². The fraction of sp³-hybridized carbons (Fsp3) is 0.889. The van der Waals surface area contributed by atoms with Crippen LogP contribution in [-0.2, 0) is 4.74 Å². The van der Waals surface area contributed by atoms with Gasteiger partial charge in [0.25, 0.3) is 0 Å². The van der Waals surface area contributed by atoms with E-state index in [0.717, 1.165) is 26.1 Å². The van der Waals surface area contributed by atoms with Crippen LogP contribution in [-0.4, -0.2) is 43.6 Å². The van der Waals surface area contributed by atoms with Crippen molar-refractivity contribution in [2.24, 2.45) is 5.92 Å². The zero-order valence-corrected chi connectivity index (χ0v) is 8.63. The van der Waals surface area contributed by atoms with Crippen LogP contribution in [0.3, 0.4) is 0 Å². The normalized spacial score (nSPS) is 25.8. The molecule has 0 radical (unpaired) electrons. The van der Waals surface area contributed by atoms with Crippen LogP contribution < -0.4 is 0 Å². The fourth-order valence-corrected chi connectivity index (χ4v) is 1.91. The molecule has 0 amide bonds. The van der Waals surface area contributed by atoms with Crippen molar-refractivity contribution in [2.75, 3.05) is 33.4 Å². The molecule has 2 atom stereocenters. The van der Waals surface area contributed by atoms with E-state index < -0.39 is 0 Å². The molecule has 0 aromatic heterocycles. The lowest BCUT2D eigenvalue weighted by molar-refractivity contribution is 0.153. The van der Waals surface area contributed by atoms with Crippen LogP contribution in [0.4, 0.5) is 0 Å². The summed E-state index contributed by atoms with van der Waals surface area (Å²) in [6.07, 6.45) is 1.16. The molecule has 74 valence electrons. The molecule has 1 aliphatic heterocycles. The van der Waals surface area contributed by atoms with Crippen molar-refractivity contribution in [3.63, 3.8) is 0 Å². The van der Waals surface area contributed by atoms with Crippen LogP contribution in [0, 0.1) is 17.2 Å². The van der Waals surface area contributed by atoms with Crippen molar-refractivity contribution in [3.05, 3.63) is 0 Å². The second-order valence-electron chi connectivity index (χ2n) is 3.47. The third-order valence-corrected chi connectivity index (χ3v) is 2.57. The van der Waals surface area contributed by atoms with Crippen molar-refractivity contribution >= 4 is 11.6 Å². The molecule has 13 heavy (non-hydrogen) atoms. The van der Waals surface area contributed by atoms with Gasteiger partial charge >= 0.3 is 0 Å². The highest BCUT2D eigenvalue weighted by molar-refractivity contribution is 6.22. The highest BCUT2D eigenvalue weighted by Crippen LogP contribution is 2.17. The van der Waals surface area contributed by atoms with Crippen molar-refractivity contribution in [2.45, 2.75) is 11.8 Å². The molecule has 1 aliphatic rings. The molecule has 0 bridgehead atoms. The maximum atomic E-state index is 8.53. The van der Waals surface area contributed by atoms with Crippen molar-refractivity contribution in [1.82, 2.24) is 4.90 Å². The highest BCUT2D eigenvalue weighted by atomic mass is 35.5. The van der Waals surface area contributed by atoms with Gasteiger partial charge in [-0.05, 0) is 18.9 Å². The third kappa shape index (κ3) is 3.51. The second-order valence-corrected chi connectivity index (χ2v) is 3.99. The van der Waals surface area contributed by atoms with Gasteiger partial charge in [-0.15, -0.1) is 11.6 Å². The van der Waals surface area contributed by atoms with E-state index >= 15 is 0 Å². The first-order valence-corrected chi connectivity index (χ1v) is 4.95. The number of rotatable bonds is 4. The monoisotopic (exact) mass is 202 g/mol. The predicted molar refractivity (Wildman–Crippen MR) is 51.7 cm³/mol. The summed E-state index contributed by atoms with van der Waals surface area (Å²) in [4.78, 5) is 2.23. The van der Waals surface area contributed by atoms with Gasteiger partial charge in [0.05, 0.1) is 12.7 Å². The van der Waals surface area contributed by atoms with Crippen LogP contribution in [0.25, 0.3) is 0 Å². The van der Waals surface area contributed by atoms with Gasteiger partial charge in [0.2, 0.25) is 0 Å². The minimum atomic E-state index is -0.374. The molecule has 0 aliphatic carbocycles. The Morgan fingerprint density at radius 1 is 1.77 bits per heavy atom. The molecular weight excluding hydrogens is 188 g/mol. The Balaban J connectivity index is 2.21. The molecule has 0 aromatic carbocycles. The van der Waals surface area contributed by atoms with E-state index in [4.69, 9.17) is 21.6 Å². The van der Waals surface area contributed by atoms with Gasteiger partial charge in [-0.1, -0.05) is 0 Å². The Hall–Kier alpha value is -0.300. The maximum Gasteiger partial charge on any atom is 0.133 e. The highest BCUT2D eigenvalue weighted by Gasteiger charge is 2.23. The Labute approximate surface area is 84.2 Å². The van der Waals surface area contributed by atoms with E-state index in [1.165, 1.54) is 0 Å². The quantitative estimate of drug-likeness (QED) is 0.641. The van der Waals surface area contributed by atoms with Crippen LogP contribution >= 0.6 is 11.6 Å². The predicted octanol–water partition coefficient (Wildman–Crippen LogP) is 1.09. The first-order chi connectivity index (χ1) is 6.26. The molecule has 0 N–H and O–H groups in total. The smallest absolute Gasteiger partial charge is 0.133 e. The molecule has 1 rings (SSSR count). The zero-order valence-electron chi connectivity index (χ0n) is 7.87. The number of nitrogens with zero attached hydrogens (tertiary/aromatic N) is 2. The van der Waals surface area contributed by atoms with Crippen LogP contribution in [0.5, 0.6) is 0 Å². The maximum absolute atomic E-state index is 8.53. The van der Waals surface area contributed by atoms with Crippen LogP contribution in [0.15, 0.2) is 0 Å². The topological polar surface area (TPSA) is 36.3 Å². The molecule has 0 saturated carbocycles. The number of halogens is 1. The molecule has 1 fully saturated rings. The lowest BCUT2D eigenvalue weighted by Crippen LogP contribution is -2.27. The number of hydrogen-bond acceptors (Lipinski definition) is 3. The minimum absolute atomic E-state index is 0.374. The van der Waals surface area contributed by atoms with Gasteiger partial charge in [-0.2, -0.15) is 5.26 Å². The molecule has 0 spiro atoms. The van der Waals surface area contributed by atoms with E-state index in [0.29, 0.717) is 12.5 Å². The Morgan fingerprint density at radius 3 is 3.15 bits per heavy atom. The van der Waals surface area contributed by atoms with E-state index in [1.54, 1.807) is 7.11 Å². The summed E-state index contributed by atoms with van der Waals surface area (Å²) < 4.78 is 5.08. The number of alkyl halides is 1. The van der Waals surface area contributed by atoms with E-state index in [-0.39, 0.29) is 5.38 Å². The Kier molecular flexibility index (Phi) is 4.51. The average Bonchev–Trinajstić information content (AvgIpc) is 2.53. The number of nitriles is 1. The SMILES string of the molecule is COCC1CCN(CC(Cl)C#N)C1. The molecular formula is C9H15ClN2O. The largest absolute Gasteiger partial charge is 0.384 e. The van der Waals surface area contributed by atoms with Gasteiger partial charge in [0.15, 0.2) is 0 Å². The number of hydrogen-bond donors (Lipinski definition) is 0. The van der Waals surface area contributed by atoms with E-state index in [9.17, 15) is 0 Å². The van der Waals surface area contributed by atoms with E-state index in [1.807, 2.05) is 6.07 Å². The van der Waals surface area contributed by atoms with E-state index in [2.05, 4.69) is 4.90 Å². The molecule has 2 unspecified atom stereocenters. The van der Waals surface area contributed by atoms with Gasteiger partial charge in [-0.3, -0.25) is 0 Å². The number of methoxy groups -OCH3 is 1. The Morgan fingerprint density at radius 2 is 2.54 bits per heavy atom. The summed E-state index contributed by atoms with van der Waals surface area (Å²) in [5.74, 6) is 0.618. The van der Waals surface area contributed by atoms with Crippen LogP contribution in [0.2, 0.25) is 0 Å². The Bertz CT molecular complexity index is 193. The van der Waals surface area contributed by atoms with Crippen molar-refractivity contribution in [3.8, 4) is 6.07 Å². The zero-order chi connectivity index (χ0) is 9.68. The summed E-state index contributed by atoms with van der Waals surface area (Å²) in [5, 5.41) is 8.16. The lowest BCUT2D eigenvalue weighted by atomic mass is 10.1. The number of ether oxygens (including phenoxy) is 1. The standard InChI is InChI=1S/C9H15ClN2O/c1-13-7-8-2-3-12(5-8)6-9(10)4-11/h8-9H,2-3,5-7H2,1H3. The van der Waals surface area contributed by atoms with Crippen LogP contribution in [0.1, 0.15) is 6.42 Å². The lowest BCUT2D eigenvalue weighted by Gasteiger charge is -2.15. The van der Waals surface area contributed by atoms with Gasteiger partial charge in [0, 0.05) is 20.2 Å². The average molecular weight is 203 g/mol. The summed E-state index contributed by atoms with van der Waals surface area (Å²) in [7, 11) is 1.72. The fourth-order valence-electron chi connectivity index (χ4n) is 1.72. The number of likely N-dealkylation sites (tertiary alicyclic amines) is 1. The summed E-state index contributed by atoms with van der Waals surface area (Å²) >= 11 is 5.74. The first kappa shape index (κ1) is 10.8. The van der Waals surface area contributed by atoms with Gasteiger partial charge < -0.3 is 9.64 Å². The third-order valence-electron chi connectivity index (χ3n) is 2.33. The minimum Gasteiger partial charge on any atom is -0.384 e. The molecule has 4 heteroatoms. The van der Waals surface area contributed by atoms with Crippen molar-refractivity contribution < 1.29 is 4.74 Å².